The van der Waals surface area contributed by atoms with E-state index in [1.165, 1.54) is 23.3 Å². The third kappa shape index (κ3) is 3.26. The zero-order chi connectivity index (χ0) is 17.9. The number of nitrogens with one attached hydrogen (secondary N) is 1. The van der Waals surface area contributed by atoms with Crippen LogP contribution >= 0.6 is 0 Å². The predicted octanol–water partition coefficient (Wildman–Crippen LogP) is 1.13. The molecule has 0 unspecified atom stereocenters. The lowest BCUT2D eigenvalue weighted by molar-refractivity contribution is 0.0946. The van der Waals surface area contributed by atoms with E-state index < -0.39 is 0 Å². The Morgan fingerprint density at radius 3 is 2.69 bits per heavy atom. The van der Waals surface area contributed by atoms with Gasteiger partial charge >= 0.3 is 5.69 Å². The van der Waals surface area contributed by atoms with Crippen LogP contribution in [0.3, 0.4) is 0 Å². The van der Waals surface area contributed by atoms with Crippen molar-refractivity contribution in [1.29, 1.82) is 0 Å². The van der Waals surface area contributed by atoms with Gasteiger partial charge in [-0.25, -0.2) is 19.0 Å². The second-order valence-corrected chi connectivity index (χ2v) is 6.16. The fourth-order valence-corrected chi connectivity index (χ4v) is 2.78. The van der Waals surface area contributed by atoms with E-state index in [0.717, 1.165) is 24.4 Å². The molecular weight excluding hydrogens is 332 g/mol. The van der Waals surface area contributed by atoms with Gasteiger partial charge in [0.05, 0.1) is 18.4 Å². The largest absolute Gasteiger partial charge is 0.350 e. The molecule has 0 saturated heterocycles. The minimum atomic E-state index is -0.323. The van der Waals surface area contributed by atoms with Crippen molar-refractivity contribution in [2.45, 2.75) is 25.3 Å². The van der Waals surface area contributed by atoms with Gasteiger partial charge in [0, 0.05) is 24.9 Å². The highest BCUT2D eigenvalue weighted by molar-refractivity contribution is 5.91. The molecule has 0 bridgehead atoms. The number of rotatable bonds is 6. The number of nitrogens with zero attached hydrogens (tertiary/aromatic N) is 5. The number of para-hydroxylation sites is 1. The molecule has 8 nitrogen and oxygen atoms in total. The standard InChI is InChI=1S/C18H18N6O2/c25-17(15-12-19-8-9-20-15)21-10-11-23-18(26)24(14-4-2-1-3-5-14)16(22-23)13-6-7-13/h1-5,8-9,12-13H,6-7,10-11H2,(H,21,25). The van der Waals surface area contributed by atoms with Gasteiger partial charge in [-0.15, -0.1) is 0 Å². The highest BCUT2D eigenvalue weighted by Gasteiger charge is 2.31. The third-order valence-corrected chi connectivity index (χ3v) is 4.23. The van der Waals surface area contributed by atoms with Crippen molar-refractivity contribution in [3.63, 3.8) is 0 Å². The first-order valence-corrected chi connectivity index (χ1v) is 8.53. The maximum Gasteiger partial charge on any atom is 0.350 e. The van der Waals surface area contributed by atoms with Crippen LogP contribution in [0.4, 0.5) is 0 Å². The summed E-state index contributed by atoms with van der Waals surface area (Å²) < 4.78 is 3.08. The first kappa shape index (κ1) is 16.2. The summed E-state index contributed by atoms with van der Waals surface area (Å²) in [6.07, 6.45) is 6.46. The molecule has 26 heavy (non-hydrogen) atoms. The summed E-state index contributed by atoms with van der Waals surface area (Å²) in [6, 6.07) is 9.51. The molecule has 2 aromatic heterocycles. The van der Waals surface area contributed by atoms with Gasteiger partial charge in [0.1, 0.15) is 11.5 Å². The lowest BCUT2D eigenvalue weighted by Crippen LogP contribution is -2.32. The summed E-state index contributed by atoms with van der Waals surface area (Å²) >= 11 is 0. The van der Waals surface area contributed by atoms with Crippen LogP contribution in [-0.2, 0) is 6.54 Å². The molecule has 4 rings (SSSR count). The van der Waals surface area contributed by atoms with Crippen molar-refractivity contribution < 1.29 is 4.79 Å². The first-order valence-electron chi connectivity index (χ1n) is 8.53. The average Bonchev–Trinajstić information content (AvgIpc) is 3.48. The van der Waals surface area contributed by atoms with Crippen LogP contribution in [-0.4, -0.2) is 36.8 Å². The minimum absolute atomic E-state index is 0.188. The molecule has 1 aromatic carbocycles. The molecule has 8 heteroatoms. The first-order chi connectivity index (χ1) is 12.7. The third-order valence-electron chi connectivity index (χ3n) is 4.23. The molecule has 1 N–H and O–H groups in total. The van der Waals surface area contributed by atoms with Gasteiger partial charge in [-0.2, -0.15) is 5.10 Å². The number of carbonyl (C=O) groups excluding carboxylic acids is 1. The molecule has 3 aromatic rings. The predicted molar refractivity (Wildman–Crippen MR) is 94.2 cm³/mol. The monoisotopic (exact) mass is 350 g/mol. The van der Waals surface area contributed by atoms with Gasteiger partial charge in [0.25, 0.3) is 5.91 Å². The van der Waals surface area contributed by atoms with E-state index >= 15 is 0 Å². The summed E-state index contributed by atoms with van der Waals surface area (Å²) in [7, 11) is 0. The maximum absolute atomic E-state index is 12.8. The van der Waals surface area contributed by atoms with Crippen molar-refractivity contribution in [2.75, 3.05) is 6.54 Å². The quantitative estimate of drug-likeness (QED) is 0.719. The molecule has 2 heterocycles. The molecular formula is C18H18N6O2. The number of amides is 1. The molecule has 0 atom stereocenters. The summed E-state index contributed by atoms with van der Waals surface area (Å²) in [4.78, 5) is 32.6. The fourth-order valence-electron chi connectivity index (χ4n) is 2.78. The fraction of sp³-hybridized carbons (Fsp3) is 0.278. The normalized spacial score (nSPS) is 13.5. The van der Waals surface area contributed by atoms with E-state index in [4.69, 9.17) is 0 Å². The zero-order valence-corrected chi connectivity index (χ0v) is 14.1. The molecule has 0 radical (unpaired) electrons. The van der Waals surface area contributed by atoms with Crippen LogP contribution in [0, 0.1) is 0 Å². The number of benzene rings is 1. The van der Waals surface area contributed by atoms with Gasteiger partial charge in [0.2, 0.25) is 0 Å². The Hall–Kier alpha value is -3.29. The van der Waals surface area contributed by atoms with Crippen molar-refractivity contribution in [1.82, 2.24) is 29.6 Å². The molecule has 132 valence electrons. The highest BCUT2D eigenvalue weighted by atomic mass is 16.2. The van der Waals surface area contributed by atoms with Gasteiger partial charge in [-0.05, 0) is 25.0 Å². The Bertz CT molecular complexity index is 960. The Labute approximate surface area is 149 Å². The van der Waals surface area contributed by atoms with E-state index in [1.807, 2.05) is 30.3 Å². The van der Waals surface area contributed by atoms with Gasteiger partial charge in [-0.1, -0.05) is 18.2 Å². The lowest BCUT2D eigenvalue weighted by atomic mass is 10.3. The summed E-state index contributed by atoms with van der Waals surface area (Å²) in [5.41, 5.74) is 0.870. The molecule has 1 saturated carbocycles. The van der Waals surface area contributed by atoms with Gasteiger partial charge in [-0.3, -0.25) is 9.78 Å². The van der Waals surface area contributed by atoms with E-state index in [0.29, 0.717) is 12.5 Å². The minimum Gasteiger partial charge on any atom is -0.349 e. The van der Waals surface area contributed by atoms with Crippen LogP contribution in [0.15, 0.2) is 53.7 Å². The summed E-state index contributed by atoms with van der Waals surface area (Å²) in [6.45, 7) is 0.579. The molecule has 1 aliphatic carbocycles. The van der Waals surface area contributed by atoms with Crippen molar-refractivity contribution >= 4 is 5.91 Å². The number of aromatic nitrogens is 5. The SMILES string of the molecule is O=C(NCCn1nc(C2CC2)n(-c2ccccc2)c1=O)c1cnccn1. The lowest BCUT2D eigenvalue weighted by Gasteiger charge is -2.04. The van der Waals surface area contributed by atoms with Crippen LogP contribution in [0.1, 0.15) is 35.1 Å². The van der Waals surface area contributed by atoms with E-state index in [2.05, 4.69) is 20.4 Å². The van der Waals surface area contributed by atoms with Gasteiger partial charge in [0.15, 0.2) is 0 Å². The summed E-state index contributed by atoms with van der Waals surface area (Å²) in [5.74, 6) is 0.802. The zero-order valence-electron chi connectivity index (χ0n) is 14.1. The molecule has 1 fully saturated rings. The molecule has 0 spiro atoms. The topological polar surface area (TPSA) is 94.7 Å². The Morgan fingerprint density at radius 2 is 2.00 bits per heavy atom. The van der Waals surface area contributed by atoms with E-state index in [9.17, 15) is 9.59 Å². The Kier molecular flexibility index (Phi) is 4.30. The Balaban J connectivity index is 1.51. The smallest absolute Gasteiger partial charge is 0.349 e. The number of hydrogen-bond acceptors (Lipinski definition) is 5. The van der Waals surface area contributed by atoms with Crippen LogP contribution < -0.4 is 11.0 Å². The maximum atomic E-state index is 12.8. The molecule has 1 aliphatic rings. The van der Waals surface area contributed by atoms with Crippen molar-refractivity contribution in [2.24, 2.45) is 0 Å². The van der Waals surface area contributed by atoms with Crippen LogP contribution in [0.2, 0.25) is 0 Å². The van der Waals surface area contributed by atoms with Crippen molar-refractivity contribution in [3.8, 4) is 5.69 Å². The van der Waals surface area contributed by atoms with Crippen molar-refractivity contribution in [3.05, 3.63) is 70.9 Å². The second kappa shape index (κ2) is 6.91. The van der Waals surface area contributed by atoms with E-state index in [1.54, 1.807) is 4.57 Å². The number of hydrogen-bond donors (Lipinski definition) is 1. The molecule has 0 aliphatic heterocycles. The second-order valence-electron chi connectivity index (χ2n) is 6.16. The van der Waals surface area contributed by atoms with Gasteiger partial charge < -0.3 is 5.32 Å². The highest BCUT2D eigenvalue weighted by Crippen LogP contribution is 2.39. The average molecular weight is 350 g/mol. The Morgan fingerprint density at radius 1 is 1.19 bits per heavy atom. The summed E-state index contributed by atoms with van der Waals surface area (Å²) in [5, 5.41) is 7.24. The van der Waals surface area contributed by atoms with Crippen LogP contribution in [0.5, 0.6) is 0 Å². The number of carbonyl (C=O) groups is 1. The van der Waals surface area contributed by atoms with Crippen LogP contribution in [0.25, 0.3) is 5.69 Å². The molecule has 1 amide bonds. The van der Waals surface area contributed by atoms with E-state index in [-0.39, 0.29) is 23.8 Å².